The van der Waals surface area contributed by atoms with Crippen LogP contribution in [0.1, 0.15) is 16.7 Å². The average Bonchev–Trinajstić information content (AvgIpc) is 2.41. The Morgan fingerprint density at radius 3 is 2.53 bits per heavy atom. The molecule has 2 aromatic carbocycles. The lowest BCUT2D eigenvalue weighted by atomic mass is 10.1. The van der Waals surface area contributed by atoms with E-state index in [0.29, 0.717) is 17.1 Å². The van der Waals surface area contributed by atoms with E-state index in [2.05, 4.69) is 11.4 Å². The van der Waals surface area contributed by atoms with E-state index in [4.69, 9.17) is 28.5 Å². The van der Waals surface area contributed by atoms with Crippen LogP contribution in [0.5, 0.6) is 0 Å². The third-order valence-corrected chi connectivity index (χ3v) is 3.54. The van der Waals surface area contributed by atoms with Crippen molar-refractivity contribution in [3.63, 3.8) is 0 Å². The maximum Gasteiger partial charge on any atom is 0.0992 e. The van der Waals surface area contributed by atoms with Crippen molar-refractivity contribution in [2.75, 3.05) is 5.32 Å². The topological polar surface area (TPSA) is 35.8 Å². The fourth-order valence-electron chi connectivity index (χ4n) is 1.67. The van der Waals surface area contributed by atoms with Crippen molar-refractivity contribution in [3.8, 4) is 6.07 Å². The molecular formula is C15H12Cl2N2. The number of halogens is 2. The molecule has 0 amide bonds. The number of nitrogens with zero attached hydrogens (tertiary/aromatic N) is 1. The number of hydrogen-bond donors (Lipinski definition) is 1. The largest absolute Gasteiger partial charge is 0.380 e. The van der Waals surface area contributed by atoms with E-state index in [1.54, 1.807) is 18.2 Å². The van der Waals surface area contributed by atoms with Crippen LogP contribution in [0.15, 0.2) is 36.4 Å². The summed E-state index contributed by atoms with van der Waals surface area (Å²) in [4.78, 5) is 0. The van der Waals surface area contributed by atoms with Crippen LogP contribution < -0.4 is 5.32 Å². The van der Waals surface area contributed by atoms with Crippen molar-refractivity contribution in [3.05, 3.63) is 63.1 Å². The Kier molecular flexibility index (Phi) is 4.31. The predicted octanol–water partition coefficient (Wildman–Crippen LogP) is 4.79. The molecule has 0 heterocycles. The van der Waals surface area contributed by atoms with Gasteiger partial charge in [0.1, 0.15) is 0 Å². The molecule has 0 saturated heterocycles. The fraction of sp³-hybridized carbons (Fsp3) is 0.133. The molecule has 0 radical (unpaired) electrons. The van der Waals surface area contributed by atoms with Crippen LogP contribution in [0, 0.1) is 18.3 Å². The van der Waals surface area contributed by atoms with E-state index in [1.165, 1.54) is 0 Å². The molecule has 0 spiro atoms. The number of rotatable bonds is 3. The summed E-state index contributed by atoms with van der Waals surface area (Å²) in [7, 11) is 0. The lowest BCUT2D eigenvalue weighted by molar-refractivity contribution is 1.14. The van der Waals surface area contributed by atoms with Crippen LogP contribution in [0.2, 0.25) is 10.0 Å². The first-order valence-corrected chi connectivity index (χ1v) is 6.54. The number of benzene rings is 2. The molecule has 0 aromatic heterocycles. The SMILES string of the molecule is Cc1ccc(CNc2ccc(C#N)cc2Cl)cc1Cl. The van der Waals surface area contributed by atoms with Crippen molar-refractivity contribution in [1.29, 1.82) is 5.26 Å². The summed E-state index contributed by atoms with van der Waals surface area (Å²) >= 11 is 12.2. The number of nitriles is 1. The highest BCUT2D eigenvalue weighted by atomic mass is 35.5. The highest BCUT2D eigenvalue weighted by Gasteiger charge is 2.03. The molecule has 2 nitrogen and oxygen atoms in total. The van der Waals surface area contributed by atoms with Gasteiger partial charge in [0.25, 0.3) is 0 Å². The smallest absolute Gasteiger partial charge is 0.0992 e. The first kappa shape index (κ1) is 13.7. The highest BCUT2D eigenvalue weighted by molar-refractivity contribution is 6.33. The number of anilines is 1. The second-order valence-corrected chi connectivity index (χ2v) is 5.06. The van der Waals surface area contributed by atoms with Crippen LogP contribution in [-0.2, 0) is 6.54 Å². The molecule has 4 heteroatoms. The van der Waals surface area contributed by atoms with Crippen LogP contribution in [0.25, 0.3) is 0 Å². The van der Waals surface area contributed by atoms with Crippen LogP contribution in [0.4, 0.5) is 5.69 Å². The molecule has 0 bridgehead atoms. The third-order valence-electron chi connectivity index (χ3n) is 2.82. The van der Waals surface area contributed by atoms with Crippen LogP contribution in [0.3, 0.4) is 0 Å². The van der Waals surface area contributed by atoms with Gasteiger partial charge in [-0.15, -0.1) is 0 Å². The van der Waals surface area contributed by atoms with Gasteiger partial charge in [0.05, 0.1) is 22.3 Å². The standard InChI is InChI=1S/C15H12Cl2N2/c1-10-2-3-12(7-13(10)16)9-19-15-5-4-11(8-18)6-14(15)17/h2-7,19H,9H2,1H3. The zero-order chi connectivity index (χ0) is 13.8. The molecule has 0 saturated carbocycles. The Hall–Kier alpha value is -1.69. The van der Waals surface area contributed by atoms with Crippen LogP contribution >= 0.6 is 23.2 Å². The minimum absolute atomic E-state index is 0.539. The summed E-state index contributed by atoms with van der Waals surface area (Å²) in [6, 6.07) is 13.2. The Morgan fingerprint density at radius 2 is 1.89 bits per heavy atom. The van der Waals surface area contributed by atoms with E-state index < -0.39 is 0 Å². The molecule has 2 aromatic rings. The summed E-state index contributed by atoms with van der Waals surface area (Å²) in [6.07, 6.45) is 0. The monoisotopic (exact) mass is 290 g/mol. The van der Waals surface area contributed by atoms with Gasteiger partial charge in [-0.25, -0.2) is 0 Å². The summed E-state index contributed by atoms with van der Waals surface area (Å²) in [5.41, 5.74) is 3.49. The molecule has 0 aliphatic heterocycles. The second kappa shape index (κ2) is 5.97. The van der Waals surface area contributed by atoms with Gasteiger partial charge >= 0.3 is 0 Å². The molecule has 0 aliphatic carbocycles. The zero-order valence-electron chi connectivity index (χ0n) is 10.4. The Morgan fingerprint density at radius 1 is 1.11 bits per heavy atom. The van der Waals surface area contributed by atoms with Crippen LogP contribution in [-0.4, -0.2) is 0 Å². The van der Waals surface area contributed by atoms with Crippen molar-refractivity contribution >= 4 is 28.9 Å². The van der Waals surface area contributed by atoms with Gasteiger partial charge in [0.15, 0.2) is 0 Å². The van der Waals surface area contributed by atoms with Crippen molar-refractivity contribution < 1.29 is 0 Å². The van der Waals surface area contributed by atoms with Gasteiger partial charge in [-0.2, -0.15) is 5.26 Å². The predicted molar refractivity (Wildman–Crippen MR) is 79.7 cm³/mol. The fourth-order valence-corrected chi connectivity index (χ4v) is 2.12. The summed E-state index contributed by atoms with van der Waals surface area (Å²) in [5.74, 6) is 0. The maximum atomic E-state index is 8.77. The maximum absolute atomic E-state index is 8.77. The van der Waals surface area contributed by atoms with Gasteiger partial charge in [0.2, 0.25) is 0 Å². The quantitative estimate of drug-likeness (QED) is 0.882. The van der Waals surface area contributed by atoms with E-state index in [9.17, 15) is 0 Å². The Labute approximate surface area is 122 Å². The lowest BCUT2D eigenvalue weighted by Gasteiger charge is -2.09. The molecule has 0 unspecified atom stereocenters. The molecule has 0 fully saturated rings. The average molecular weight is 291 g/mol. The molecule has 1 N–H and O–H groups in total. The molecule has 2 rings (SSSR count). The number of nitrogens with one attached hydrogen (secondary N) is 1. The molecule has 0 aliphatic rings. The number of aryl methyl sites for hydroxylation is 1. The zero-order valence-corrected chi connectivity index (χ0v) is 11.9. The van der Waals surface area contributed by atoms with Gasteiger partial charge in [-0.05, 0) is 42.3 Å². The highest BCUT2D eigenvalue weighted by Crippen LogP contribution is 2.24. The Bertz CT molecular complexity index is 645. The second-order valence-electron chi connectivity index (χ2n) is 4.24. The first-order chi connectivity index (χ1) is 9.10. The van der Waals surface area contributed by atoms with Gasteiger partial charge in [0, 0.05) is 11.6 Å². The Balaban J connectivity index is 2.10. The van der Waals surface area contributed by atoms with Gasteiger partial charge in [-0.1, -0.05) is 35.3 Å². The summed E-state index contributed by atoms with van der Waals surface area (Å²) < 4.78 is 0. The normalized spacial score (nSPS) is 10.0. The van der Waals surface area contributed by atoms with Crippen molar-refractivity contribution in [2.45, 2.75) is 13.5 Å². The van der Waals surface area contributed by atoms with E-state index in [0.717, 1.165) is 21.8 Å². The molecule has 96 valence electrons. The third kappa shape index (κ3) is 3.41. The minimum Gasteiger partial charge on any atom is -0.380 e. The van der Waals surface area contributed by atoms with Crippen molar-refractivity contribution in [1.82, 2.24) is 0 Å². The lowest BCUT2D eigenvalue weighted by Crippen LogP contribution is -2.00. The van der Waals surface area contributed by atoms with Gasteiger partial charge < -0.3 is 5.32 Å². The minimum atomic E-state index is 0.539. The van der Waals surface area contributed by atoms with E-state index in [-0.39, 0.29) is 0 Å². The summed E-state index contributed by atoms with van der Waals surface area (Å²) in [5, 5.41) is 13.3. The molecule has 0 atom stereocenters. The van der Waals surface area contributed by atoms with Gasteiger partial charge in [-0.3, -0.25) is 0 Å². The van der Waals surface area contributed by atoms with E-state index >= 15 is 0 Å². The number of hydrogen-bond acceptors (Lipinski definition) is 2. The first-order valence-electron chi connectivity index (χ1n) is 5.78. The van der Waals surface area contributed by atoms with Crippen molar-refractivity contribution in [2.24, 2.45) is 0 Å². The molecular weight excluding hydrogens is 279 g/mol. The van der Waals surface area contributed by atoms with E-state index in [1.807, 2.05) is 25.1 Å². The summed E-state index contributed by atoms with van der Waals surface area (Å²) in [6.45, 7) is 2.60. The molecule has 19 heavy (non-hydrogen) atoms.